The SMILES string of the molecule is CC1(C)[C@H](NC(=O)c2ccc(CCCCCCN3CCN(c4ccc5c(c4)CN([C@H]4CCC(=O)NC4=O)C5=O)CC3)cc2)C(C)(C)[C@H]1Oc1ccc(C#N)c(Cl)c1. The Balaban J connectivity index is 0.791. The molecule has 0 aromatic heterocycles. The zero-order valence-electron chi connectivity index (χ0n) is 33.4. The lowest BCUT2D eigenvalue weighted by Gasteiger charge is -2.63. The number of nitrogens with zero attached hydrogens (tertiary/aromatic N) is 4. The van der Waals surface area contributed by atoms with Crippen molar-refractivity contribution < 1.29 is 23.9 Å². The number of carbonyl (C=O) groups excluding carboxylic acids is 4. The first kappa shape index (κ1) is 40.3. The van der Waals surface area contributed by atoms with Gasteiger partial charge in [-0.15, -0.1) is 0 Å². The topological polar surface area (TPSA) is 135 Å². The van der Waals surface area contributed by atoms with Gasteiger partial charge in [0.2, 0.25) is 11.8 Å². The number of ether oxygens (including phenoxy) is 1. The van der Waals surface area contributed by atoms with Gasteiger partial charge < -0.3 is 19.9 Å². The standard InChI is InChI=1S/C45H53ClN6O5/c1-44(2)42(45(3,4)43(44)57-34-16-14-31(27-47)36(46)26-34)49-39(54)30-12-10-29(11-13-30)9-7-5-6-8-20-50-21-23-51(24-22-50)33-15-17-35-32(25-33)28-52(41(35)56)37-18-19-38(53)48-40(37)55/h10-17,25-26,37,42-43H,5-9,18-24,28H2,1-4H3,(H,49,54)(H,48,53,55)/t37-,42-,43-/m0/s1. The Morgan fingerprint density at radius 2 is 1.65 bits per heavy atom. The molecule has 1 aliphatic carbocycles. The molecule has 3 fully saturated rings. The second-order valence-corrected chi connectivity index (χ2v) is 17.6. The minimum Gasteiger partial charge on any atom is -0.489 e. The number of carbonyl (C=O) groups is 4. The summed E-state index contributed by atoms with van der Waals surface area (Å²) in [6.07, 6.45) is 6.06. The Morgan fingerprint density at radius 1 is 0.930 bits per heavy atom. The molecular weight excluding hydrogens is 740 g/mol. The van der Waals surface area contributed by atoms with Gasteiger partial charge in [-0.25, -0.2) is 0 Å². The molecule has 0 radical (unpaired) electrons. The zero-order chi connectivity index (χ0) is 40.5. The molecule has 4 amide bonds. The number of piperazine rings is 1. The molecule has 2 N–H and O–H groups in total. The lowest BCUT2D eigenvalue weighted by atomic mass is 9.49. The lowest BCUT2D eigenvalue weighted by Crippen LogP contribution is -2.74. The van der Waals surface area contributed by atoms with Gasteiger partial charge in [-0.3, -0.25) is 29.4 Å². The third kappa shape index (κ3) is 8.39. The van der Waals surface area contributed by atoms with Crippen molar-refractivity contribution in [2.45, 2.75) is 97.4 Å². The van der Waals surface area contributed by atoms with Crippen molar-refractivity contribution in [3.05, 3.63) is 93.5 Å². The maximum atomic E-state index is 13.4. The molecule has 0 unspecified atom stereocenters. The van der Waals surface area contributed by atoms with E-state index < -0.39 is 6.04 Å². The first-order chi connectivity index (χ1) is 27.3. The molecule has 7 rings (SSSR count). The summed E-state index contributed by atoms with van der Waals surface area (Å²) >= 11 is 6.24. The van der Waals surface area contributed by atoms with E-state index in [1.165, 1.54) is 12.0 Å². The third-order valence-corrected chi connectivity index (χ3v) is 12.9. The second kappa shape index (κ2) is 16.5. The number of unbranched alkanes of at least 4 members (excludes halogenated alkanes) is 3. The van der Waals surface area contributed by atoms with E-state index >= 15 is 0 Å². The molecule has 300 valence electrons. The van der Waals surface area contributed by atoms with Crippen LogP contribution in [0.2, 0.25) is 5.02 Å². The number of nitriles is 1. The fourth-order valence-electron chi connectivity index (χ4n) is 9.64. The summed E-state index contributed by atoms with van der Waals surface area (Å²) in [4.78, 5) is 56.9. The van der Waals surface area contributed by atoms with Crippen LogP contribution in [0.5, 0.6) is 5.75 Å². The van der Waals surface area contributed by atoms with Gasteiger partial charge in [-0.1, -0.05) is 64.3 Å². The summed E-state index contributed by atoms with van der Waals surface area (Å²) in [7, 11) is 0. The van der Waals surface area contributed by atoms with Crippen molar-refractivity contribution in [3.8, 4) is 11.8 Å². The van der Waals surface area contributed by atoms with Gasteiger partial charge in [-0.05, 0) is 85.8 Å². The van der Waals surface area contributed by atoms with Crippen molar-refractivity contribution >= 4 is 40.9 Å². The number of aryl methyl sites for hydroxylation is 1. The highest BCUT2D eigenvalue weighted by Gasteiger charge is 2.64. The monoisotopic (exact) mass is 792 g/mol. The Kier molecular flexibility index (Phi) is 11.7. The molecule has 3 heterocycles. The number of anilines is 1. The van der Waals surface area contributed by atoms with Crippen molar-refractivity contribution in [1.82, 2.24) is 20.4 Å². The maximum absolute atomic E-state index is 13.4. The van der Waals surface area contributed by atoms with E-state index in [0.29, 0.717) is 40.4 Å². The molecule has 1 saturated carbocycles. The summed E-state index contributed by atoms with van der Waals surface area (Å²) in [5.74, 6) is -0.275. The molecule has 0 bridgehead atoms. The predicted molar refractivity (Wildman–Crippen MR) is 219 cm³/mol. The van der Waals surface area contributed by atoms with Crippen LogP contribution in [0.3, 0.4) is 0 Å². The molecule has 2 saturated heterocycles. The average Bonchev–Trinajstić information content (AvgIpc) is 3.52. The molecule has 3 aromatic carbocycles. The van der Waals surface area contributed by atoms with Crippen LogP contribution >= 0.6 is 11.6 Å². The molecule has 57 heavy (non-hydrogen) atoms. The van der Waals surface area contributed by atoms with Crippen molar-refractivity contribution in [2.24, 2.45) is 10.8 Å². The molecule has 11 nitrogen and oxygen atoms in total. The number of piperidine rings is 1. The van der Waals surface area contributed by atoms with E-state index in [-0.39, 0.29) is 53.0 Å². The summed E-state index contributed by atoms with van der Waals surface area (Å²) in [5, 5.41) is 15.2. The largest absolute Gasteiger partial charge is 0.489 e. The quantitative estimate of drug-likeness (QED) is 0.148. The molecular formula is C45H53ClN6O5. The van der Waals surface area contributed by atoms with Gasteiger partial charge in [0, 0.05) is 78.9 Å². The second-order valence-electron chi connectivity index (χ2n) is 17.2. The van der Waals surface area contributed by atoms with E-state index in [1.54, 1.807) is 23.1 Å². The van der Waals surface area contributed by atoms with Gasteiger partial charge in [0.05, 0.1) is 10.6 Å². The maximum Gasteiger partial charge on any atom is 0.255 e. The van der Waals surface area contributed by atoms with Crippen LogP contribution in [0.15, 0.2) is 60.7 Å². The van der Waals surface area contributed by atoms with Gasteiger partial charge in [0.25, 0.3) is 11.8 Å². The van der Waals surface area contributed by atoms with E-state index in [0.717, 1.165) is 69.7 Å². The minimum absolute atomic E-state index is 0.0875. The number of fused-ring (bicyclic) bond motifs is 1. The number of imide groups is 1. The lowest BCUT2D eigenvalue weighted by molar-refractivity contribution is -0.164. The number of hydrogen-bond acceptors (Lipinski definition) is 8. The normalized spacial score (nSPS) is 22.7. The summed E-state index contributed by atoms with van der Waals surface area (Å²) in [6.45, 7) is 13.7. The van der Waals surface area contributed by atoms with Crippen molar-refractivity contribution in [3.63, 3.8) is 0 Å². The number of nitrogens with one attached hydrogen (secondary N) is 2. The Labute approximate surface area is 340 Å². The summed E-state index contributed by atoms with van der Waals surface area (Å²) in [6, 6.07) is 20.5. The number of hydrogen-bond donors (Lipinski definition) is 2. The van der Waals surface area contributed by atoms with E-state index in [9.17, 15) is 24.4 Å². The Bertz CT molecular complexity index is 2050. The highest BCUT2D eigenvalue weighted by atomic mass is 35.5. The van der Waals surface area contributed by atoms with Crippen molar-refractivity contribution in [2.75, 3.05) is 37.6 Å². The fourth-order valence-corrected chi connectivity index (χ4v) is 9.85. The van der Waals surface area contributed by atoms with Crippen LogP contribution in [-0.4, -0.2) is 84.3 Å². The van der Waals surface area contributed by atoms with Crippen LogP contribution in [0.4, 0.5) is 5.69 Å². The number of amides is 4. The minimum atomic E-state index is -0.596. The average molecular weight is 793 g/mol. The van der Waals surface area contributed by atoms with E-state index in [2.05, 4.69) is 72.4 Å². The van der Waals surface area contributed by atoms with Crippen LogP contribution in [0.25, 0.3) is 0 Å². The summed E-state index contributed by atoms with van der Waals surface area (Å²) in [5.41, 5.74) is 4.34. The molecule has 3 aromatic rings. The first-order valence-corrected chi connectivity index (χ1v) is 20.6. The molecule has 3 aliphatic heterocycles. The van der Waals surface area contributed by atoms with E-state index in [1.807, 2.05) is 24.3 Å². The summed E-state index contributed by atoms with van der Waals surface area (Å²) < 4.78 is 6.37. The molecule has 4 aliphatic rings. The van der Waals surface area contributed by atoms with Gasteiger partial charge in [-0.2, -0.15) is 5.26 Å². The molecule has 0 spiro atoms. The molecule has 12 heteroatoms. The third-order valence-electron chi connectivity index (χ3n) is 12.6. The fraction of sp³-hybridized carbons (Fsp3) is 0.489. The van der Waals surface area contributed by atoms with Gasteiger partial charge in [0.15, 0.2) is 0 Å². The van der Waals surface area contributed by atoms with Crippen LogP contribution in [0.1, 0.15) is 104 Å². The molecule has 1 atom stereocenters. The van der Waals surface area contributed by atoms with Gasteiger partial charge >= 0.3 is 0 Å². The van der Waals surface area contributed by atoms with Crippen LogP contribution in [0, 0.1) is 22.2 Å². The van der Waals surface area contributed by atoms with Crippen LogP contribution < -0.4 is 20.3 Å². The highest BCUT2D eigenvalue weighted by Crippen LogP contribution is 2.55. The first-order valence-electron chi connectivity index (χ1n) is 20.3. The Hall–Kier alpha value is -4.92. The van der Waals surface area contributed by atoms with Gasteiger partial charge in [0.1, 0.15) is 24.0 Å². The van der Waals surface area contributed by atoms with Crippen molar-refractivity contribution in [1.29, 1.82) is 5.26 Å². The van der Waals surface area contributed by atoms with Crippen LogP contribution in [-0.2, 0) is 22.6 Å². The number of benzene rings is 3. The van der Waals surface area contributed by atoms with E-state index in [4.69, 9.17) is 16.3 Å². The highest BCUT2D eigenvalue weighted by molar-refractivity contribution is 6.31. The zero-order valence-corrected chi connectivity index (χ0v) is 34.2. The predicted octanol–water partition coefficient (Wildman–Crippen LogP) is 6.51. The number of rotatable bonds is 13. The Morgan fingerprint density at radius 3 is 2.33 bits per heavy atom. The smallest absolute Gasteiger partial charge is 0.255 e. The number of halogens is 1.